The Morgan fingerprint density at radius 1 is 1.15 bits per heavy atom. The molecule has 1 aliphatic rings. The average Bonchev–Trinajstić information content (AvgIpc) is 3.12. The molecule has 2 aromatic carbocycles. The molecule has 1 aliphatic carbocycles. The van der Waals surface area contributed by atoms with Crippen molar-refractivity contribution < 1.29 is 9.53 Å². The van der Waals surface area contributed by atoms with Gasteiger partial charge in [-0.3, -0.25) is 4.79 Å². The lowest BCUT2D eigenvalue weighted by Crippen LogP contribution is -2.38. The molecule has 1 saturated carbocycles. The summed E-state index contributed by atoms with van der Waals surface area (Å²) in [6, 6.07) is 11.2. The van der Waals surface area contributed by atoms with E-state index in [1.807, 2.05) is 31.2 Å². The summed E-state index contributed by atoms with van der Waals surface area (Å²) in [5.41, 5.74) is 2.04. The number of amides is 1. The number of anilines is 1. The van der Waals surface area contributed by atoms with Gasteiger partial charge in [-0.15, -0.1) is 0 Å². The number of nitrogens with one attached hydrogen (secondary N) is 1. The van der Waals surface area contributed by atoms with E-state index in [1.165, 1.54) is 0 Å². The van der Waals surface area contributed by atoms with Crippen molar-refractivity contribution in [2.75, 3.05) is 11.9 Å². The Bertz CT molecular complexity index is 829. The molecule has 2 aromatic rings. The molecule has 0 radical (unpaired) electrons. The van der Waals surface area contributed by atoms with Gasteiger partial charge in [-0.1, -0.05) is 49.0 Å². The third-order valence-corrected chi connectivity index (χ3v) is 5.78. The van der Waals surface area contributed by atoms with Crippen LogP contribution in [0.5, 0.6) is 5.75 Å². The van der Waals surface area contributed by atoms with E-state index in [1.54, 1.807) is 12.1 Å². The fourth-order valence-corrected chi connectivity index (χ4v) is 4.42. The minimum atomic E-state index is -0.604. The SMILES string of the molecule is CCCOc1ccc(NC(=O)C2(c3ccc(Cl)cc3Cl)CCCC2)cc1C. The molecule has 0 unspecified atom stereocenters. The number of halogens is 2. The van der Waals surface area contributed by atoms with Gasteiger partial charge in [0.25, 0.3) is 0 Å². The molecule has 1 fully saturated rings. The first-order valence-electron chi connectivity index (χ1n) is 9.47. The maximum Gasteiger partial charge on any atom is 0.235 e. The van der Waals surface area contributed by atoms with Crippen LogP contribution in [0.2, 0.25) is 10.0 Å². The van der Waals surface area contributed by atoms with Gasteiger partial charge in [0.05, 0.1) is 12.0 Å². The topological polar surface area (TPSA) is 38.3 Å². The van der Waals surface area contributed by atoms with Crippen LogP contribution in [-0.2, 0) is 10.2 Å². The molecular formula is C22H25Cl2NO2. The second-order valence-electron chi connectivity index (χ2n) is 7.20. The zero-order chi connectivity index (χ0) is 19.4. The molecule has 5 heteroatoms. The van der Waals surface area contributed by atoms with Crippen molar-refractivity contribution in [3.8, 4) is 5.75 Å². The summed E-state index contributed by atoms with van der Waals surface area (Å²) in [5, 5.41) is 4.24. The van der Waals surface area contributed by atoms with Crippen molar-refractivity contribution in [2.24, 2.45) is 0 Å². The smallest absolute Gasteiger partial charge is 0.235 e. The highest BCUT2D eigenvalue weighted by atomic mass is 35.5. The van der Waals surface area contributed by atoms with E-state index in [0.717, 1.165) is 54.7 Å². The van der Waals surface area contributed by atoms with Crippen LogP contribution < -0.4 is 10.1 Å². The number of benzene rings is 2. The molecular weight excluding hydrogens is 381 g/mol. The van der Waals surface area contributed by atoms with E-state index in [4.69, 9.17) is 27.9 Å². The van der Waals surface area contributed by atoms with Gasteiger partial charge in [-0.2, -0.15) is 0 Å². The maximum atomic E-state index is 13.3. The highest BCUT2D eigenvalue weighted by molar-refractivity contribution is 6.35. The van der Waals surface area contributed by atoms with Crippen molar-refractivity contribution in [1.29, 1.82) is 0 Å². The third-order valence-electron chi connectivity index (χ3n) is 5.23. The Balaban J connectivity index is 1.85. The number of rotatable bonds is 6. The van der Waals surface area contributed by atoms with Crippen molar-refractivity contribution in [3.63, 3.8) is 0 Å². The molecule has 1 N–H and O–H groups in total. The predicted molar refractivity (Wildman–Crippen MR) is 112 cm³/mol. The summed E-state index contributed by atoms with van der Waals surface area (Å²) in [4.78, 5) is 13.3. The molecule has 27 heavy (non-hydrogen) atoms. The van der Waals surface area contributed by atoms with E-state index in [-0.39, 0.29) is 5.91 Å². The van der Waals surface area contributed by atoms with Gasteiger partial charge in [-0.05, 0) is 67.6 Å². The van der Waals surface area contributed by atoms with Crippen molar-refractivity contribution >= 4 is 34.8 Å². The first-order valence-corrected chi connectivity index (χ1v) is 10.2. The predicted octanol–water partition coefficient (Wildman–Crippen LogP) is 6.54. The summed E-state index contributed by atoms with van der Waals surface area (Å²) in [6.07, 6.45) is 4.56. The first-order chi connectivity index (χ1) is 13.0. The van der Waals surface area contributed by atoms with Gasteiger partial charge in [-0.25, -0.2) is 0 Å². The van der Waals surface area contributed by atoms with E-state index in [2.05, 4.69) is 12.2 Å². The Morgan fingerprint density at radius 2 is 1.89 bits per heavy atom. The zero-order valence-corrected chi connectivity index (χ0v) is 17.3. The molecule has 0 saturated heterocycles. The Labute approximate surface area is 171 Å². The normalized spacial score (nSPS) is 15.6. The zero-order valence-electron chi connectivity index (χ0n) is 15.8. The minimum absolute atomic E-state index is 0.00847. The van der Waals surface area contributed by atoms with Gasteiger partial charge >= 0.3 is 0 Å². The van der Waals surface area contributed by atoms with E-state index in [0.29, 0.717) is 16.7 Å². The summed E-state index contributed by atoms with van der Waals surface area (Å²) < 4.78 is 5.72. The summed E-state index contributed by atoms with van der Waals surface area (Å²) in [6.45, 7) is 4.75. The average molecular weight is 406 g/mol. The molecule has 0 bridgehead atoms. The van der Waals surface area contributed by atoms with Crippen molar-refractivity contribution in [2.45, 2.75) is 51.4 Å². The van der Waals surface area contributed by atoms with E-state index >= 15 is 0 Å². The number of carbonyl (C=O) groups excluding carboxylic acids is 1. The molecule has 0 atom stereocenters. The first kappa shape index (κ1) is 20.0. The van der Waals surface area contributed by atoms with Gasteiger partial charge in [0.2, 0.25) is 5.91 Å². The highest BCUT2D eigenvalue weighted by Gasteiger charge is 2.44. The Morgan fingerprint density at radius 3 is 2.52 bits per heavy atom. The molecule has 3 nitrogen and oxygen atoms in total. The van der Waals surface area contributed by atoms with Crippen LogP contribution >= 0.6 is 23.2 Å². The van der Waals surface area contributed by atoms with Gasteiger partial charge < -0.3 is 10.1 Å². The summed E-state index contributed by atoms with van der Waals surface area (Å²) in [7, 11) is 0. The van der Waals surface area contributed by atoms with Crippen LogP contribution in [0.1, 0.15) is 50.2 Å². The molecule has 144 valence electrons. The summed E-state index contributed by atoms with van der Waals surface area (Å²) >= 11 is 12.5. The quantitative estimate of drug-likeness (QED) is 0.591. The Hall–Kier alpha value is -1.71. The molecule has 0 spiro atoms. The lowest BCUT2D eigenvalue weighted by atomic mass is 9.78. The lowest BCUT2D eigenvalue weighted by molar-refractivity contribution is -0.121. The number of hydrogen-bond acceptors (Lipinski definition) is 2. The highest BCUT2D eigenvalue weighted by Crippen LogP contribution is 2.45. The van der Waals surface area contributed by atoms with Crippen molar-refractivity contribution in [1.82, 2.24) is 0 Å². The molecule has 0 heterocycles. The number of hydrogen-bond donors (Lipinski definition) is 1. The molecule has 0 aliphatic heterocycles. The molecule has 0 aromatic heterocycles. The van der Waals surface area contributed by atoms with Crippen molar-refractivity contribution in [3.05, 3.63) is 57.6 Å². The van der Waals surface area contributed by atoms with Crippen LogP contribution in [0.25, 0.3) is 0 Å². The number of carbonyl (C=O) groups is 1. The van der Waals surface area contributed by atoms with Crippen LogP contribution in [0.3, 0.4) is 0 Å². The third kappa shape index (κ3) is 4.25. The summed E-state index contributed by atoms with van der Waals surface area (Å²) in [5.74, 6) is 0.844. The van der Waals surface area contributed by atoms with Gasteiger partial charge in [0.15, 0.2) is 0 Å². The monoisotopic (exact) mass is 405 g/mol. The van der Waals surface area contributed by atoms with Gasteiger partial charge in [0.1, 0.15) is 5.75 Å². The largest absolute Gasteiger partial charge is 0.493 e. The number of aryl methyl sites for hydroxylation is 1. The Kier molecular flexibility index (Phi) is 6.33. The lowest BCUT2D eigenvalue weighted by Gasteiger charge is -2.29. The second kappa shape index (κ2) is 8.53. The minimum Gasteiger partial charge on any atom is -0.493 e. The standard InChI is InChI=1S/C22H25Cl2NO2/c1-3-12-27-20-9-7-17(13-15(20)2)25-21(26)22(10-4-5-11-22)18-8-6-16(23)14-19(18)24/h6-9,13-14H,3-5,10-12H2,1-2H3,(H,25,26). The number of ether oxygens (including phenoxy) is 1. The van der Waals surface area contributed by atoms with Crippen LogP contribution in [0, 0.1) is 6.92 Å². The van der Waals surface area contributed by atoms with Crippen LogP contribution in [-0.4, -0.2) is 12.5 Å². The van der Waals surface area contributed by atoms with Crippen LogP contribution in [0.15, 0.2) is 36.4 Å². The fraction of sp³-hybridized carbons (Fsp3) is 0.409. The fourth-order valence-electron chi connectivity index (χ4n) is 3.83. The van der Waals surface area contributed by atoms with E-state index < -0.39 is 5.41 Å². The van der Waals surface area contributed by atoms with Crippen LogP contribution in [0.4, 0.5) is 5.69 Å². The van der Waals surface area contributed by atoms with E-state index in [9.17, 15) is 4.79 Å². The second-order valence-corrected chi connectivity index (χ2v) is 8.04. The molecule has 3 rings (SSSR count). The van der Waals surface area contributed by atoms with Gasteiger partial charge in [0, 0.05) is 15.7 Å². The maximum absolute atomic E-state index is 13.3. The molecule has 1 amide bonds.